The molecule has 0 aromatic heterocycles. The number of hydrogen-bond donors (Lipinski definition) is 3. The van der Waals surface area contributed by atoms with E-state index in [0.717, 1.165) is 5.56 Å². The first-order chi connectivity index (χ1) is 15.4. The summed E-state index contributed by atoms with van der Waals surface area (Å²) in [5.74, 6) is -0.0426. The molecule has 32 heavy (non-hydrogen) atoms. The van der Waals surface area contributed by atoms with Crippen molar-refractivity contribution in [3.8, 4) is 5.75 Å². The molecule has 2 amide bonds. The van der Waals surface area contributed by atoms with Crippen LogP contribution in [0.25, 0.3) is 6.08 Å². The second-order valence-electron chi connectivity index (χ2n) is 6.56. The van der Waals surface area contributed by atoms with Gasteiger partial charge in [0.05, 0.1) is 7.11 Å². The van der Waals surface area contributed by atoms with Crippen molar-refractivity contribution in [2.45, 2.75) is 0 Å². The molecule has 0 aliphatic heterocycles. The van der Waals surface area contributed by atoms with Crippen LogP contribution in [-0.2, 0) is 4.79 Å². The van der Waals surface area contributed by atoms with Crippen LogP contribution in [0.2, 0.25) is 5.02 Å². The molecular formula is C24H20ClN3O3S. The smallest absolute Gasteiger partial charge is 0.255 e. The summed E-state index contributed by atoms with van der Waals surface area (Å²) in [6, 6.07) is 21.0. The molecule has 0 bridgehead atoms. The Morgan fingerprint density at radius 1 is 0.938 bits per heavy atom. The van der Waals surface area contributed by atoms with Crippen LogP contribution in [0.3, 0.4) is 0 Å². The third kappa shape index (κ3) is 6.66. The minimum Gasteiger partial charge on any atom is -0.496 e. The molecule has 3 N–H and O–H groups in total. The number of carbonyl (C=O) groups excluding carboxylic acids is 2. The lowest BCUT2D eigenvalue weighted by molar-refractivity contribution is -0.115. The summed E-state index contributed by atoms with van der Waals surface area (Å²) in [5, 5.41) is 8.88. The number of para-hydroxylation sites is 1. The van der Waals surface area contributed by atoms with Crippen molar-refractivity contribution >= 4 is 58.2 Å². The maximum absolute atomic E-state index is 12.5. The summed E-state index contributed by atoms with van der Waals surface area (Å²) < 4.78 is 5.25. The molecule has 3 aromatic carbocycles. The molecule has 0 saturated carbocycles. The third-order valence-electron chi connectivity index (χ3n) is 4.26. The average Bonchev–Trinajstić information content (AvgIpc) is 2.78. The van der Waals surface area contributed by atoms with E-state index in [4.69, 9.17) is 28.6 Å². The van der Waals surface area contributed by atoms with Crippen molar-refractivity contribution in [2.75, 3.05) is 17.7 Å². The van der Waals surface area contributed by atoms with Gasteiger partial charge in [0.15, 0.2) is 5.11 Å². The van der Waals surface area contributed by atoms with Gasteiger partial charge in [-0.05, 0) is 60.8 Å². The van der Waals surface area contributed by atoms with Crippen molar-refractivity contribution in [2.24, 2.45) is 0 Å². The second kappa shape index (κ2) is 11.1. The number of carbonyl (C=O) groups is 2. The van der Waals surface area contributed by atoms with Crippen LogP contribution in [0.15, 0.2) is 78.9 Å². The molecule has 0 heterocycles. The Labute approximate surface area is 196 Å². The maximum Gasteiger partial charge on any atom is 0.255 e. The molecule has 0 radical (unpaired) electrons. The minimum absolute atomic E-state index is 0.104. The molecule has 3 rings (SSSR count). The molecule has 0 saturated heterocycles. The van der Waals surface area contributed by atoms with E-state index in [-0.39, 0.29) is 11.0 Å². The number of ether oxygens (including phenoxy) is 1. The molecule has 0 fully saturated rings. The van der Waals surface area contributed by atoms with E-state index in [1.165, 1.54) is 6.08 Å². The van der Waals surface area contributed by atoms with Crippen molar-refractivity contribution in [3.63, 3.8) is 0 Å². The maximum atomic E-state index is 12.5. The van der Waals surface area contributed by atoms with Crippen LogP contribution in [0.4, 0.5) is 11.4 Å². The van der Waals surface area contributed by atoms with Gasteiger partial charge < -0.3 is 15.4 Å². The van der Waals surface area contributed by atoms with E-state index in [9.17, 15) is 9.59 Å². The van der Waals surface area contributed by atoms with E-state index in [1.807, 2.05) is 18.2 Å². The normalized spacial score (nSPS) is 10.4. The number of thiocarbonyl (C=S) groups is 1. The molecule has 0 spiro atoms. The molecular weight excluding hydrogens is 446 g/mol. The fourth-order valence-corrected chi connectivity index (χ4v) is 3.20. The van der Waals surface area contributed by atoms with Gasteiger partial charge in [-0.15, -0.1) is 0 Å². The van der Waals surface area contributed by atoms with Crippen LogP contribution in [0, 0.1) is 0 Å². The van der Waals surface area contributed by atoms with Gasteiger partial charge >= 0.3 is 0 Å². The number of amides is 2. The lowest BCUT2D eigenvalue weighted by atomic mass is 10.2. The summed E-state index contributed by atoms with van der Waals surface area (Å²) in [6.45, 7) is 0. The number of benzene rings is 3. The van der Waals surface area contributed by atoms with E-state index < -0.39 is 5.91 Å². The average molecular weight is 466 g/mol. The number of methoxy groups -OCH3 is 1. The molecule has 6 nitrogen and oxygen atoms in total. The highest BCUT2D eigenvalue weighted by Gasteiger charge is 2.09. The first-order valence-corrected chi connectivity index (χ1v) is 10.3. The quantitative estimate of drug-likeness (QED) is 0.347. The highest BCUT2D eigenvalue weighted by molar-refractivity contribution is 7.80. The predicted molar refractivity (Wildman–Crippen MR) is 132 cm³/mol. The number of hydrogen-bond acceptors (Lipinski definition) is 4. The molecule has 0 unspecified atom stereocenters. The van der Waals surface area contributed by atoms with Crippen molar-refractivity contribution in [1.29, 1.82) is 0 Å². The first-order valence-electron chi connectivity index (χ1n) is 9.54. The van der Waals surface area contributed by atoms with Gasteiger partial charge in [-0.25, -0.2) is 0 Å². The zero-order valence-electron chi connectivity index (χ0n) is 17.1. The molecule has 3 aromatic rings. The third-order valence-corrected chi connectivity index (χ3v) is 4.69. The standard InChI is InChI=1S/C24H20ClN3O3S/c1-31-21-11-3-2-6-16(21)12-13-22(29)28-24(32)27-19-9-4-7-17(14-19)23(30)26-20-10-5-8-18(25)15-20/h2-15H,1H3,(H,26,30)(H2,27,28,29,32)/b13-12+. The minimum atomic E-state index is -0.400. The van der Waals surface area contributed by atoms with Gasteiger partial charge in [-0.3, -0.25) is 14.9 Å². The fourth-order valence-electron chi connectivity index (χ4n) is 2.79. The molecule has 162 valence electrons. The number of anilines is 2. The summed E-state index contributed by atoms with van der Waals surface area (Å²) >= 11 is 11.2. The Balaban J connectivity index is 1.58. The van der Waals surface area contributed by atoms with E-state index in [1.54, 1.807) is 67.8 Å². The largest absolute Gasteiger partial charge is 0.496 e. The fraction of sp³-hybridized carbons (Fsp3) is 0.0417. The van der Waals surface area contributed by atoms with Gasteiger partial charge in [0.1, 0.15) is 5.75 Å². The van der Waals surface area contributed by atoms with Crippen LogP contribution in [0.1, 0.15) is 15.9 Å². The number of nitrogens with one attached hydrogen (secondary N) is 3. The van der Waals surface area contributed by atoms with Crippen molar-refractivity contribution < 1.29 is 14.3 Å². The van der Waals surface area contributed by atoms with Gasteiger partial charge in [-0.1, -0.05) is 41.9 Å². The Kier molecular flexibility index (Phi) is 7.96. The van der Waals surface area contributed by atoms with Gasteiger partial charge in [-0.2, -0.15) is 0 Å². The van der Waals surface area contributed by atoms with Crippen LogP contribution in [0.5, 0.6) is 5.75 Å². The Morgan fingerprint density at radius 2 is 1.66 bits per heavy atom. The first kappa shape index (κ1) is 23.0. The highest BCUT2D eigenvalue weighted by atomic mass is 35.5. The zero-order chi connectivity index (χ0) is 22.9. The topological polar surface area (TPSA) is 79.5 Å². The van der Waals surface area contributed by atoms with E-state index in [0.29, 0.717) is 27.7 Å². The van der Waals surface area contributed by atoms with Crippen LogP contribution >= 0.6 is 23.8 Å². The molecule has 0 aliphatic carbocycles. The Bertz CT molecular complexity index is 1180. The summed E-state index contributed by atoms with van der Waals surface area (Å²) in [7, 11) is 1.56. The molecule has 8 heteroatoms. The Morgan fingerprint density at radius 3 is 2.41 bits per heavy atom. The molecule has 0 aliphatic rings. The molecule has 0 atom stereocenters. The number of rotatable bonds is 6. The second-order valence-corrected chi connectivity index (χ2v) is 7.41. The van der Waals surface area contributed by atoms with Crippen molar-refractivity contribution in [3.05, 3.63) is 95.0 Å². The van der Waals surface area contributed by atoms with Gasteiger partial charge in [0.2, 0.25) is 5.91 Å². The van der Waals surface area contributed by atoms with E-state index in [2.05, 4.69) is 16.0 Å². The predicted octanol–water partition coefficient (Wildman–Crippen LogP) is 5.13. The van der Waals surface area contributed by atoms with Crippen LogP contribution in [-0.4, -0.2) is 24.0 Å². The zero-order valence-corrected chi connectivity index (χ0v) is 18.7. The summed E-state index contributed by atoms with van der Waals surface area (Å²) in [6.07, 6.45) is 3.00. The van der Waals surface area contributed by atoms with Crippen LogP contribution < -0.4 is 20.7 Å². The monoisotopic (exact) mass is 465 g/mol. The van der Waals surface area contributed by atoms with Gasteiger partial charge in [0, 0.05) is 33.6 Å². The summed E-state index contributed by atoms with van der Waals surface area (Å²) in [4.78, 5) is 24.7. The Hall–Kier alpha value is -3.68. The van der Waals surface area contributed by atoms with E-state index >= 15 is 0 Å². The lowest BCUT2D eigenvalue weighted by Crippen LogP contribution is -2.32. The highest BCUT2D eigenvalue weighted by Crippen LogP contribution is 2.19. The lowest BCUT2D eigenvalue weighted by Gasteiger charge is -2.10. The SMILES string of the molecule is COc1ccccc1/C=C/C(=O)NC(=S)Nc1cccc(C(=O)Nc2cccc(Cl)c2)c1. The number of halogens is 1. The summed E-state index contributed by atoms with van der Waals surface area (Å²) in [5.41, 5.74) is 2.33. The van der Waals surface area contributed by atoms with Crippen molar-refractivity contribution in [1.82, 2.24) is 5.32 Å². The van der Waals surface area contributed by atoms with Gasteiger partial charge in [0.25, 0.3) is 5.91 Å².